The summed E-state index contributed by atoms with van der Waals surface area (Å²) in [4.78, 5) is 20.8. The van der Waals surface area contributed by atoms with Gasteiger partial charge in [-0.3, -0.25) is 4.79 Å². The molecule has 0 aromatic carbocycles. The molecule has 0 fully saturated rings. The fraction of sp³-hybridized carbons (Fsp3) is 0.667. The second-order valence-corrected chi connectivity index (χ2v) is 2.88. The molecule has 0 rings (SSSR count). The lowest BCUT2D eigenvalue weighted by molar-refractivity contribution is -0.151. The lowest BCUT2D eigenvalue weighted by Crippen LogP contribution is -2.28. The number of Topliss-reactive ketones (excluding diaryl/α,β-unsaturated/α-hetero) is 1. The molecule has 1 atom stereocenters. The minimum Gasteiger partial charge on any atom is -0.463 e. The zero-order chi connectivity index (χ0) is 8.85. The molecule has 64 valence electrons. The number of halogens is 1. The zero-order valence-electron chi connectivity index (χ0n) is 6.30. The lowest BCUT2D eigenvalue weighted by Gasteiger charge is -2.04. The van der Waals surface area contributed by atoms with Crippen molar-refractivity contribution >= 4 is 27.7 Å². The van der Waals surface area contributed by atoms with Crippen LogP contribution in [-0.2, 0) is 19.1 Å². The largest absolute Gasteiger partial charge is 0.463 e. The van der Waals surface area contributed by atoms with Crippen LogP contribution in [0.2, 0.25) is 0 Å². The van der Waals surface area contributed by atoms with Crippen molar-refractivity contribution in [3.8, 4) is 0 Å². The predicted molar refractivity (Wildman–Crippen MR) is 41.6 cm³/mol. The molecule has 0 heterocycles. The number of esters is 1. The van der Waals surface area contributed by atoms with Crippen molar-refractivity contribution in [1.82, 2.24) is 0 Å². The van der Waals surface area contributed by atoms with Crippen LogP contribution in [-0.4, -0.2) is 37.4 Å². The van der Waals surface area contributed by atoms with Crippen molar-refractivity contribution in [2.45, 2.75) is 4.83 Å². The van der Waals surface area contributed by atoms with E-state index in [4.69, 9.17) is 0 Å². The van der Waals surface area contributed by atoms with Crippen LogP contribution in [0.5, 0.6) is 0 Å². The summed E-state index contributed by atoms with van der Waals surface area (Å²) in [6.45, 7) is 0.161. The minimum absolute atomic E-state index is 0.161. The van der Waals surface area contributed by atoms with E-state index in [1.807, 2.05) is 0 Å². The van der Waals surface area contributed by atoms with E-state index in [0.29, 0.717) is 0 Å². The summed E-state index contributed by atoms with van der Waals surface area (Å²) in [7, 11) is 2.60. The highest BCUT2D eigenvalue weighted by molar-refractivity contribution is 9.10. The summed E-state index contributed by atoms with van der Waals surface area (Å²) >= 11 is 2.97. The van der Waals surface area contributed by atoms with Gasteiger partial charge in [0.1, 0.15) is 4.83 Å². The van der Waals surface area contributed by atoms with Crippen molar-refractivity contribution < 1.29 is 19.1 Å². The number of rotatable bonds is 4. The number of hydrogen-bond acceptors (Lipinski definition) is 4. The summed E-state index contributed by atoms with van der Waals surface area (Å²) in [6, 6.07) is 0. The predicted octanol–water partition coefficient (Wildman–Crippen LogP) is 0.138. The molecule has 0 saturated carbocycles. The standard InChI is InChI=1S/C6H9BrO4/c1-10-3-4(7)5(8)6(9)11-2/h4H,3H2,1-2H3. The fourth-order valence-electron chi connectivity index (χ4n) is 0.450. The topological polar surface area (TPSA) is 52.6 Å². The molecule has 0 amide bonds. The first kappa shape index (κ1) is 10.6. The number of alkyl halides is 1. The molecule has 0 saturated heterocycles. The van der Waals surface area contributed by atoms with Gasteiger partial charge >= 0.3 is 5.97 Å². The fourth-order valence-corrected chi connectivity index (χ4v) is 0.902. The maximum absolute atomic E-state index is 10.9. The van der Waals surface area contributed by atoms with Crippen LogP contribution in [0, 0.1) is 0 Å². The zero-order valence-corrected chi connectivity index (χ0v) is 7.88. The van der Waals surface area contributed by atoms with E-state index in [1.54, 1.807) is 0 Å². The van der Waals surface area contributed by atoms with E-state index >= 15 is 0 Å². The molecular formula is C6H9BrO4. The summed E-state index contributed by atoms with van der Waals surface area (Å²) in [5, 5.41) is 0. The second kappa shape index (κ2) is 5.26. The maximum atomic E-state index is 10.9. The molecule has 0 spiro atoms. The van der Waals surface area contributed by atoms with Crippen LogP contribution in [0.3, 0.4) is 0 Å². The summed E-state index contributed by atoms with van der Waals surface area (Å²) in [6.07, 6.45) is 0. The van der Waals surface area contributed by atoms with E-state index < -0.39 is 16.6 Å². The monoisotopic (exact) mass is 224 g/mol. The van der Waals surface area contributed by atoms with Gasteiger partial charge in [-0.15, -0.1) is 0 Å². The van der Waals surface area contributed by atoms with Gasteiger partial charge in [0.05, 0.1) is 13.7 Å². The van der Waals surface area contributed by atoms with E-state index in [9.17, 15) is 9.59 Å². The SMILES string of the molecule is COCC(Br)C(=O)C(=O)OC. The average Bonchev–Trinajstić information content (AvgIpc) is 2.02. The second-order valence-electron chi connectivity index (χ2n) is 1.78. The van der Waals surface area contributed by atoms with Gasteiger partial charge in [0.25, 0.3) is 5.78 Å². The molecular weight excluding hydrogens is 216 g/mol. The third kappa shape index (κ3) is 3.48. The molecule has 0 aromatic heterocycles. The third-order valence-corrected chi connectivity index (χ3v) is 1.66. The molecule has 0 aliphatic heterocycles. The number of carbonyl (C=O) groups is 2. The Morgan fingerprint density at radius 2 is 2.00 bits per heavy atom. The van der Waals surface area contributed by atoms with Crippen LogP contribution < -0.4 is 0 Å². The van der Waals surface area contributed by atoms with Crippen molar-refractivity contribution in [1.29, 1.82) is 0 Å². The average molecular weight is 225 g/mol. The molecule has 4 nitrogen and oxygen atoms in total. The Morgan fingerprint density at radius 3 is 2.36 bits per heavy atom. The number of ketones is 1. The van der Waals surface area contributed by atoms with Crippen molar-refractivity contribution in [3.05, 3.63) is 0 Å². The van der Waals surface area contributed by atoms with Gasteiger partial charge < -0.3 is 9.47 Å². The number of carbonyl (C=O) groups excluding carboxylic acids is 2. The summed E-state index contributed by atoms with van der Waals surface area (Å²) < 4.78 is 8.85. The Labute approximate surface area is 73.0 Å². The van der Waals surface area contributed by atoms with Gasteiger partial charge in [-0.1, -0.05) is 15.9 Å². The Hall–Kier alpha value is -0.420. The number of hydrogen-bond donors (Lipinski definition) is 0. The Bertz CT molecular complexity index is 157. The van der Waals surface area contributed by atoms with Gasteiger partial charge in [-0.25, -0.2) is 4.79 Å². The normalized spacial score (nSPS) is 12.3. The smallest absolute Gasteiger partial charge is 0.375 e. The lowest BCUT2D eigenvalue weighted by atomic mass is 10.3. The molecule has 0 radical (unpaired) electrons. The molecule has 0 aliphatic rings. The molecule has 0 aromatic rings. The first-order valence-electron chi connectivity index (χ1n) is 2.88. The molecule has 0 N–H and O–H groups in total. The van der Waals surface area contributed by atoms with Crippen LogP contribution in [0.1, 0.15) is 0 Å². The maximum Gasteiger partial charge on any atom is 0.375 e. The Kier molecular flexibility index (Phi) is 5.06. The van der Waals surface area contributed by atoms with E-state index in [1.165, 1.54) is 7.11 Å². The van der Waals surface area contributed by atoms with Gasteiger partial charge in [-0.05, 0) is 0 Å². The van der Waals surface area contributed by atoms with E-state index in [-0.39, 0.29) is 6.61 Å². The van der Waals surface area contributed by atoms with Gasteiger partial charge in [0.15, 0.2) is 0 Å². The van der Waals surface area contributed by atoms with Crippen molar-refractivity contribution in [2.24, 2.45) is 0 Å². The van der Waals surface area contributed by atoms with Gasteiger partial charge in [0.2, 0.25) is 0 Å². The van der Waals surface area contributed by atoms with Crippen molar-refractivity contribution in [2.75, 3.05) is 20.8 Å². The Balaban J connectivity index is 3.91. The highest BCUT2D eigenvalue weighted by Crippen LogP contribution is 2.02. The minimum atomic E-state index is -0.857. The first-order chi connectivity index (χ1) is 5.13. The molecule has 11 heavy (non-hydrogen) atoms. The first-order valence-corrected chi connectivity index (χ1v) is 3.80. The molecule has 0 bridgehead atoms. The van der Waals surface area contributed by atoms with Gasteiger partial charge in [0, 0.05) is 7.11 Å². The third-order valence-electron chi connectivity index (χ3n) is 0.984. The molecule has 5 heteroatoms. The van der Waals surface area contributed by atoms with Crippen LogP contribution in [0.15, 0.2) is 0 Å². The van der Waals surface area contributed by atoms with E-state index in [0.717, 1.165) is 7.11 Å². The highest BCUT2D eigenvalue weighted by atomic mass is 79.9. The van der Waals surface area contributed by atoms with Crippen LogP contribution in [0.25, 0.3) is 0 Å². The molecule has 1 unspecified atom stereocenters. The molecule has 0 aliphatic carbocycles. The van der Waals surface area contributed by atoms with Gasteiger partial charge in [-0.2, -0.15) is 0 Å². The highest BCUT2D eigenvalue weighted by Gasteiger charge is 2.22. The quantitative estimate of drug-likeness (QED) is 0.388. The van der Waals surface area contributed by atoms with Crippen molar-refractivity contribution in [3.63, 3.8) is 0 Å². The summed E-state index contributed by atoms with van der Waals surface area (Å²) in [5.74, 6) is -1.49. The van der Waals surface area contributed by atoms with Crippen LogP contribution in [0.4, 0.5) is 0 Å². The Morgan fingerprint density at radius 1 is 1.45 bits per heavy atom. The number of ether oxygens (including phenoxy) is 2. The number of methoxy groups -OCH3 is 2. The van der Waals surface area contributed by atoms with E-state index in [2.05, 4.69) is 25.4 Å². The van der Waals surface area contributed by atoms with Crippen LogP contribution >= 0.6 is 15.9 Å². The summed E-state index contributed by atoms with van der Waals surface area (Å²) in [5.41, 5.74) is 0.